The molecule has 2 aromatic heterocycles. The summed E-state index contributed by atoms with van der Waals surface area (Å²) in [6.45, 7) is -1.36. The standard InChI is InChI=1S/C30H34B2N4O15S2/c37-19(13-48-35-27(20-6-3-9-52-20)29(44)33-22-7-1-4-17(11-24(38)39)50-31(22)46)16-10-21(53-15-16)28(36-49-14-26(42)43)30(45)34-23-8-2-5-18(12-25(40)41)51-32(23)47/h1-6,9-10,15,17-19,22-23,37,46-47H,7-8,11-14H2,(H,33,44)(H,34,45)(H,38,39)(H,40,41)(H,42,43)/b35-27-,36-28-/t17-,18-,19?,22+,23+/m1/s1. The zero-order valence-electron chi connectivity index (χ0n) is 27.5. The van der Waals surface area contributed by atoms with E-state index in [-0.39, 0.29) is 35.4 Å². The van der Waals surface area contributed by atoms with Gasteiger partial charge in [-0.05, 0) is 41.3 Å². The zero-order chi connectivity index (χ0) is 38.5. The second-order valence-electron chi connectivity index (χ2n) is 11.4. The average molecular weight is 776 g/mol. The van der Waals surface area contributed by atoms with Crippen molar-refractivity contribution in [2.24, 2.45) is 10.3 Å². The Morgan fingerprint density at radius 2 is 1.38 bits per heavy atom. The summed E-state index contributed by atoms with van der Waals surface area (Å²) < 4.78 is 10.7. The fourth-order valence-electron chi connectivity index (χ4n) is 4.82. The third-order valence-electron chi connectivity index (χ3n) is 7.34. The molecule has 2 amide bonds. The molecule has 19 nitrogen and oxygen atoms in total. The van der Waals surface area contributed by atoms with E-state index in [1.54, 1.807) is 23.6 Å². The van der Waals surface area contributed by atoms with Gasteiger partial charge in [-0.3, -0.25) is 19.2 Å². The number of hydrogen-bond acceptors (Lipinski definition) is 16. The summed E-state index contributed by atoms with van der Waals surface area (Å²) in [5.74, 6) is -7.30. The molecule has 5 atom stereocenters. The molecule has 4 rings (SSSR count). The first-order chi connectivity index (χ1) is 25.3. The summed E-state index contributed by atoms with van der Waals surface area (Å²) in [4.78, 5) is 70.4. The third-order valence-corrected chi connectivity index (χ3v) is 9.17. The number of carboxylic acid groups (broad SMARTS) is 3. The smallest absolute Gasteiger partial charge is 0.478 e. The Morgan fingerprint density at radius 1 is 0.830 bits per heavy atom. The van der Waals surface area contributed by atoms with Crippen molar-refractivity contribution in [3.63, 3.8) is 0 Å². The number of hydrogen-bond donors (Lipinski definition) is 8. The highest BCUT2D eigenvalue weighted by Crippen LogP contribution is 2.24. The number of nitrogens with one attached hydrogen (secondary N) is 2. The van der Waals surface area contributed by atoms with E-state index in [9.17, 15) is 39.1 Å². The Labute approximate surface area is 309 Å². The van der Waals surface area contributed by atoms with Gasteiger partial charge in [0.15, 0.2) is 11.4 Å². The summed E-state index contributed by atoms with van der Waals surface area (Å²) in [6.07, 6.45) is 2.24. The van der Waals surface area contributed by atoms with E-state index in [4.69, 9.17) is 34.3 Å². The van der Waals surface area contributed by atoms with Crippen LogP contribution in [0.2, 0.25) is 0 Å². The number of carbonyl (C=O) groups is 5. The molecule has 0 fully saturated rings. The quantitative estimate of drug-likeness (QED) is 0.0444. The first-order valence-corrected chi connectivity index (χ1v) is 17.5. The molecule has 0 radical (unpaired) electrons. The first-order valence-electron chi connectivity index (χ1n) is 15.8. The monoisotopic (exact) mass is 776 g/mol. The van der Waals surface area contributed by atoms with Crippen molar-refractivity contribution in [2.45, 2.75) is 55.9 Å². The van der Waals surface area contributed by atoms with E-state index in [1.165, 1.54) is 41.0 Å². The number of amides is 2. The zero-order valence-corrected chi connectivity index (χ0v) is 29.2. The van der Waals surface area contributed by atoms with Crippen molar-refractivity contribution < 1.29 is 73.4 Å². The van der Waals surface area contributed by atoms with Crippen molar-refractivity contribution in [1.29, 1.82) is 0 Å². The molecule has 0 aromatic carbocycles. The molecular weight excluding hydrogens is 742 g/mol. The highest BCUT2D eigenvalue weighted by molar-refractivity contribution is 7.13. The molecule has 2 aliphatic rings. The molecule has 1 unspecified atom stereocenters. The minimum Gasteiger partial charge on any atom is -0.481 e. The van der Waals surface area contributed by atoms with E-state index >= 15 is 0 Å². The van der Waals surface area contributed by atoms with Crippen molar-refractivity contribution in [1.82, 2.24) is 10.6 Å². The third kappa shape index (κ3) is 12.6. The predicted octanol–water partition coefficient (Wildman–Crippen LogP) is -0.282. The number of aliphatic carboxylic acids is 3. The molecule has 2 aromatic rings. The van der Waals surface area contributed by atoms with Gasteiger partial charge >= 0.3 is 32.1 Å². The summed E-state index contributed by atoms with van der Waals surface area (Å²) in [7, 11) is -3.13. The molecule has 53 heavy (non-hydrogen) atoms. The maximum atomic E-state index is 13.3. The number of oxime groups is 2. The van der Waals surface area contributed by atoms with E-state index in [0.717, 1.165) is 11.3 Å². The Bertz CT molecular complexity index is 1730. The van der Waals surface area contributed by atoms with Gasteiger partial charge in [-0.2, -0.15) is 0 Å². The second-order valence-corrected chi connectivity index (χ2v) is 13.3. The maximum Gasteiger partial charge on any atom is 0.478 e. The van der Waals surface area contributed by atoms with Gasteiger partial charge in [0.1, 0.15) is 12.7 Å². The van der Waals surface area contributed by atoms with Crippen LogP contribution in [0.3, 0.4) is 0 Å². The molecule has 282 valence electrons. The van der Waals surface area contributed by atoms with E-state index in [0.29, 0.717) is 4.88 Å². The number of rotatable bonds is 17. The number of carbonyl (C=O) groups excluding carboxylic acids is 2. The summed E-state index contributed by atoms with van der Waals surface area (Å²) in [6, 6.07) is 4.62. The minimum absolute atomic E-state index is 0.0589. The summed E-state index contributed by atoms with van der Waals surface area (Å²) in [5, 5.41) is 74.8. The SMILES string of the molecule is O=C(O)CO/N=C(\C(=O)N[C@H]1CC=C[C@H](CC(=O)O)OB1O)c1cc(C(O)CO/N=C(\C(=O)N[C@H]2CC=C[C@H](CC(=O)O)OB2O)c2cccs2)cs1. The van der Waals surface area contributed by atoms with E-state index in [2.05, 4.69) is 20.9 Å². The molecule has 0 saturated carbocycles. The largest absolute Gasteiger partial charge is 0.481 e. The number of aliphatic hydroxyl groups is 1. The van der Waals surface area contributed by atoms with Gasteiger partial charge in [0.2, 0.25) is 6.61 Å². The van der Waals surface area contributed by atoms with Crippen molar-refractivity contribution in [2.75, 3.05) is 13.2 Å². The Balaban J connectivity index is 1.43. The molecule has 0 bridgehead atoms. The van der Waals surface area contributed by atoms with Crippen LogP contribution in [0.1, 0.15) is 47.1 Å². The van der Waals surface area contributed by atoms with Gasteiger partial charge in [0.25, 0.3) is 11.8 Å². The Morgan fingerprint density at radius 3 is 1.89 bits per heavy atom. The van der Waals surface area contributed by atoms with Crippen molar-refractivity contribution in [3.05, 3.63) is 68.6 Å². The van der Waals surface area contributed by atoms with Crippen molar-refractivity contribution >= 4 is 78.1 Å². The van der Waals surface area contributed by atoms with Crippen LogP contribution in [0, 0.1) is 0 Å². The fraction of sp³-hybridized carbons (Fsp3) is 0.367. The average Bonchev–Trinajstić information content (AvgIpc) is 3.73. The lowest BCUT2D eigenvalue weighted by molar-refractivity contribution is -0.142. The van der Waals surface area contributed by atoms with Crippen LogP contribution in [0.15, 0.2) is 63.6 Å². The number of nitrogens with zero attached hydrogens (tertiary/aromatic N) is 2. The molecule has 8 N–H and O–H groups in total. The van der Waals surface area contributed by atoms with Crippen molar-refractivity contribution in [3.8, 4) is 0 Å². The van der Waals surface area contributed by atoms with E-state index in [1.807, 2.05) is 0 Å². The molecular formula is C30H34B2N4O15S2. The van der Waals surface area contributed by atoms with Gasteiger partial charge in [-0.25, -0.2) is 4.79 Å². The normalized spacial score (nSPS) is 21.3. The topological polar surface area (TPSA) is 292 Å². The lowest BCUT2D eigenvalue weighted by atomic mass is 9.77. The van der Waals surface area contributed by atoms with Crippen LogP contribution in [-0.4, -0.2) is 123 Å². The number of aliphatic hydroxyl groups excluding tert-OH is 1. The molecule has 4 heterocycles. The van der Waals surface area contributed by atoms with Gasteiger partial charge < -0.3 is 60.1 Å². The summed E-state index contributed by atoms with van der Waals surface area (Å²) >= 11 is 2.10. The Hall–Kier alpha value is -4.90. The van der Waals surface area contributed by atoms with Gasteiger partial charge in [0.05, 0.1) is 46.7 Å². The van der Waals surface area contributed by atoms with Crippen LogP contribution in [0.4, 0.5) is 0 Å². The fourth-order valence-corrected chi connectivity index (χ4v) is 6.45. The highest BCUT2D eigenvalue weighted by Gasteiger charge is 2.35. The lowest BCUT2D eigenvalue weighted by Crippen LogP contribution is -2.50. The molecule has 0 spiro atoms. The van der Waals surface area contributed by atoms with Crippen LogP contribution >= 0.6 is 22.7 Å². The first kappa shape index (κ1) is 40.9. The maximum absolute atomic E-state index is 13.3. The van der Waals surface area contributed by atoms with Crippen LogP contribution < -0.4 is 10.6 Å². The highest BCUT2D eigenvalue weighted by atomic mass is 32.1. The minimum atomic E-state index is -1.60. The number of carboxylic acids is 3. The molecule has 0 saturated heterocycles. The van der Waals surface area contributed by atoms with Crippen LogP contribution in [-0.2, 0) is 43.0 Å². The van der Waals surface area contributed by atoms with Gasteiger partial charge in [-0.15, -0.1) is 22.7 Å². The lowest BCUT2D eigenvalue weighted by Gasteiger charge is -2.20. The van der Waals surface area contributed by atoms with E-state index < -0.39 is 99.5 Å². The predicted molar refractivity (Wildman–Crippen MR) is 188 cm³/mol. The van der Waals surface area contributed by atoms with Gasteiger partial charge in [-0.1, -0.05) is 40.7 Å². The molecule has 0 aliphatic carbocycles. The molecule has 2 aliphatic heterocycles. The molecule has 23 heteroatoms. The second kappa shape index (κ2) is 19.8. The Kier molecular flexibility index (Phi) is 15.3. The van der Waals surface area contributed by atoms with Crippen LogP contribution in [0.25, 0.3) is 0 Å². The summed E-state index contributed by atoms with van der Waals surface area (Å²) in [5.41, 5.74) is -0.363. The van der Waals surface area contributed by atoms with Gasteiger partial charge in [0, 0.05) is 0 Å². The number of thiophene rings is 2. The van der Waals surface area contributed by atoms with Crippen LogP contribution in [0.5, 0.6) is 0 Å².